The van der Waals surface area contributed by atoms with Crippen LogP contribution in [0.5, 0.6) is 0 Å². The molecule has 6 N–H and O–H groups in total. The van der Waals surface area contributed by atoms with Crippen LogP contribution in [0.1, 0.15) is 0 Å². The number of rotatable bonds is 0. The van der Waals surface area contributed by atoms with E-state index in [4.69, 9.17) is 25.8 Å². The topological polar surface area (TPSA) is 111 Å². The van der Waals surface area contributed by atoms with E-state index in [0.717, 1.165) is 6.66 Å². The first-order chi connectivity index (χ1) is 4.27. The van der Waals surface area contributed by atoms with Gasteiger partial charge in [-0.2, -0.15) is 0 Å². The minimum absolute atomic E-state index is 0.171. The molecule has 0 aliphatic carbocycles. The second-order valence-electron chi connectivity index (χ2n) is 1.54. The molecule has 0 aliphatic rings. The molecule has 0 fully saturated rings. The summed E-state index contributed by atoms with van der Waals surface area (Å²) in [5, 5.41) is 6.66. The van der Waals surface area contributed by atoms with Crippen LogP contribution >= 0.6 is 19.7 Å². The summed E-state index contributed by atoms with van der Waals surface area (Å²) in [7, 11) is -3.61. The van der Waals surface area contributed by atoms with Crippen molar-refractivity contribution in [2.45, 2.75) is 0 Å². The molecule has 0 heterocycles. The van der Waals surface area contributed by atoms with E-state index in [1.807, 2.05) is 0 Å². The van der Waals surface area contributed by atoms with E-state index in [1.165, 1.54) is 11.8 Å². The van der Waals surface area contributed by atoms with Gasteiger partial charge >= 0.3 is 29.3 Å². The Kier molecular flexibility index (Phi) is 7.51. The molecule has 0 radical (unpaired) electrons. The molecule has 0 saturated heterocycles. The maximum absolute atomic E-state index is 7.77. The summed E-state index contributed by atoms with van der Waals surface area (Å²) >= 11 is 1.24. The van der Waals surface area contributed by atoms with Gasteiger partial charge in [0.25, 0.3) is 0 Å². The van der Waals surface area contributed by atoms with Gasteiger partial charge in [0.15, 0.2) is 5.17 Å². The summed E-state index contributed by atoms with van der Waals surface area (Å²) in [6, 6.07) is 0. The Morgan fingerprint density at radius 3 is 1.60 bits per heavy atom. The van der Waals surface area contributed by atoms with Crippen molar-refractivity contribution in [3.63, 3.8) is 0 Å². The summed E-state index contributed by atoms with van der Waals surface area (Å²) < 4.78 is 0. The van der Waals surface area contributed by atoms with Crippen molar-refractivity contribution in [3.8, 4) is 0 Å². The van der Waals surface area contributed by atoms with E-state index in [2.05, 4.69) is 0 Å². The SMILES string of the molecule is CSC(=N)N.C[PH](O)(O)O. The zero-order valence-electron chi connectivity index (χ0n) is 5.83. The third-order valence-electron chi connectivity index (χ3n) is 0.220. The predicted octanol–water partition coefficient (Wildman–Crippen LogP) is -0.669. The first-order valence-corrected chi connectivity index (χ1v) is 5.89. The Labute approximate surface area is 64.4 Å². The van der Waals surface area contributed by atoms with Gasteiger partial charge in [0, 0.05) is 0 Å². The van der Waals surface area contributed by atoms with E-state index >= 15 is 0 Å². The van der Waals surface area contributed by atoms with E-state index < -0.39 is 7.94 Å². The van der Waals surface area contributed by atoms with Gasteiger partial charge in [0.05, 0.1) is 0 Å². The fourth-order valence-corrected chi connectivity index (χ4v) is 0. The number of nitrogens with two attached hydrogens (primary N) is 1. The molecule has 5 nitrogen and oxygen atoms in total. The Morgan fingerprint density at radius 2 is 1.60 bits per heavy atom. The van der Waals surface area contributed by atoms with Gasteiger partial charge < -0.3 is 5.73 Å². The maximum atomic E-state index is 7.77. The zero-order valence-corrected chi connectivity index (χ0v) is 7.64. The van der Waals surface area contributed by atoms with Crippen molar-refractivity contribution >= 4 is 24.9 Å². The first kappa shape index (κ1) is 12.8. The Bertz CT molecular complexity index is 98.4. The monoisotopic (exact) mass is 188 g/mol. The molecule has 64 valence electrons. The molecule has 0 rings (SSSR count). The normalized spacial score (nSPS) is 11.3. The third-order valence-corrected chi connectivity index (χ3v) is 0.660. The second kappa shape index (κ2) is 5.88. The molecule has 0 spiro atoms. The van der Waals surface area contributed by atoms with Gasteiger partial charge in [-0.25, -0.2) is 0 Å². The predicted molar refractivity (Wildman–Crippen MR) is 46.3 cm³/mol. The zero-order chi connectivity index (χ0) is 8.78. The molecular weight excluding hydrogens is 175 g/mol. The molecule has 0 atom stereocenters. The first-order valence-electron chi connectivity index (χ1n) is 2.32. The standard InChI is InChI=1S/C2H6N2S.CH7O3P/c1-5-2(3)4;1-5(2,3)4/h1H3,(H3,3,4);2-5H,1H3. The molecule has 0 saturated carbocycles. The van der Waals surface area contributed by atoms with Crippen molar-refractivity contribution in [1.82, 2.24) is 0 Å². The van der Waals surface area contributed by atoms with Crippen LogP contribution in [0.2, 0.25) is 0 Å². The molecule has 0 aliphatic heterocycles. The van der Waals surface area contributed by atoms with E-state index in [-0.39, 0.29) is 5.17 Å². The average Bonchev–Trinajstić information content (AvgIpc) is 1.61. The van der Waals surface area contributed by atoms with Gasteiger partial charge in [-0.05, 0) is 6.26 Å². The minimum atomic E-state index is -3.61. The van der Waals surface area contributed by atoms with E-state index in [0.29, 0.717) is 0 Å². The number of hydrogen-bond acceptors (Lipinski definition) is 5. The van der Waals surface area contributed by atoms with E-state index in [1.54, 1.807) is 6.26 Å². The Balaban J connectivity index is 0. The summed E-state index contributed by atoms with van der Waals surface area (Å²) in [4.78, 5) is 23.3. The molecular formula is C3H13N2O3PS. The molecule has 0 aromatic heterocycles. The molecule has 0 aromatic carbocycles. The van der Waals surface area contributed by atoms with Crippen molar-refractivity contribution in [2.24, 2.45) is 5.73 Å². The number of thioether (sulfide) groups is 1. The molecule has 0 bridgehead atoms. The van der Waals surface area contributed by atoms with Crippen LogP contribution in [-0.2, 0) is 0 Å². The van der Waals surface area contributed by atoms with Crippen LogP contribution in [0.3, 0.4) is 0 Å². The summed E-state index contributed by atoms with van der Waals surface area (Å²) in [5.74, 6) is 0. The van der Waals surface area contributed by atoms with Gasteiger partial charge in [-0.3, -0.25) is 5.41 Å². The van der Waals surface area contributed by atoms with E-state index in [9.17, 15) is 0 Å². The number of amidine groups is 1. The van der Waals surface area contributed by atoms with Crippen LogP contribution in [-0.4, -0.2) is 32.8 Å². The fraction of sp³-hybridized carbons (Fsp3) is 0.667. The van der Waals surface area contributed by atoms with Crippen LogP contribution in [0.4, 0.5) is 0 Å². The molecule has 7 heteroatoms. The Hall–Kier alpha value is 0.130. The van der Waals surface area contributed by atoms with Crippen LogP contribution in [0.25, 0.3) is 0 Å². The molecule has 0 amide bonds. The second-order valence-corrected chi connectivity index (χ2v) is 4.33. The summed E-state index contributed by atoms with van der Waals surface area (Å²) in [6.07, 6.45) is 1.77. The van der Waals surface area contributed by atoms with Crippen molar-refractivity contribution < 1.29 is 14.7 Å². The van der Waals surface area contributed by atoms with Crippen molar-refractivity contribution in [3.05, 3.63) is 0 Å². The fourth-order valence-electron chi connectivity index (χ4n) is 0. The summed E-state index contributed by atoms with van der Waals surface area (Å²) in [5.41, 5.74) is 4.84. The number of nitrogens with one attached hydrogen (secondary N) is 1. The molecule has 10 heavy (non-hydrogen) atoms. The van der Waals surface area contributed by atoms with Crippen LogP contribution in [0.15, 0.2) is 0 Å². The average molecular weight is 188 g/mol. The van der Waals surface area contributed by atoms with Gasteiger partial charge in [0.1, 0.15) is 0 Å². The Morgan fingerprint density at radius 1 is 1.50 bits per heavy atom. The third kappa shape index (κ3) is 91.1. The van der Waals surface area contributed by atoms with Crippen LogP contribution in [0, 0.1) is 5.41 Å². The van der Waals surface area contributed by atoms with Gasteiger partial charge in [-0.1, -0.05) is 11.8 Å². The molecule has 0 unspecified atom stereocenters. The van der Waals surface area contributed by atoms with Crippen molar-refractivity contribution in [2.75, 3.05) is 12.9 Å². The molecule has 0 aromatic rings. The van der Waals surface area contributed by atoms with Gasteiger partial charge in [-0.15, -0.1) is 0 Å². The number of hydrogen-bond donors (Lipinski definition) is 5. The van der Waals surface area contributed by atoms with Crippen LogP contribution < -0.4 is 5.73 Å². The van der Waals surface area contributed by atoms with Gasteiger partial charge in [0.2, 0.25) is 0 Å². The quantitative estimate of drug-likeness (QED) is 0.197. The summed E-state index contributed by atoms with van der Waals surface area (Å²) in [6.45, 7) is 0.993. The van der Waals surface area contributed by atoms with Crippen molar-refractivity contribution in [1.29, 1.82) is 5.41 Å².